The predicted octanol–water partition coefficient (Wildman–Crippen LogP) is 2.41. The first-order valence-corrected chi connectivity index (χ1v) is 7.72. The maximum absolute atomic E-state index is 12.3. The summed E-state index contributed by atoms with van der Waals surface area (Å²) in [4.78, 5) is 25.9. The molecule has 3 N–H and O–H groups in total. The summed E-state index contributed by atoms with van der Waals surface area (Å²) in [7, 11) is 1.70. The van der Waals surface area contributed by atoms with Gasteiger partial charge in [-0.1, -0.05) is 6.07 Å². The number of nitrogens with zero attached hydrogens (tertiary/aromatic N) is 1. The molecule has 118 valence electrons. The molecule has 2 aromatic rings. The second-order valence-electron chi connectivity index (χ2n) is 5.04. The number of amides is 3. The molecule has 0 fully saturated rings. The van der Waals surface area contributed by atoms with Crippen LogP contribution >= 0.6 is 11.3 Å². The van der Waals surface area contributed by atoms with Gasteiger partial charge in [0.05, 0.1) is 19.0 Å². The molecule has 0 aliphatic rings. The molecule has 2 aromatic heterocycles. The lowest BCUT2D eigenvalue weighted by molar-refractivity contribution is -0.131. The van der Waals surface area contributed by atoms with Gasteiger partial charge in [-0.2, -0.15) is 0 Å². The first kappa shape index (κ1) is 16.1. The van der Waals surface area contributed by atoms with E-state index in [2.05, 4.69) is 5.32 Å². The van der Waals surface area contributed by atoms with Crippen molar-refractivity contribution in [3.05, 3.63) is 46.0 Å². The number of hydrogen-bond donors (Lipinski definition) is 2. The fourth-order valence-electron chi connectivity index (χ4n) is 2.11. The fourth-order valence-corrected chi connectivity index (χ4v) is 2.88. The monoisotopic (exact) mass is 321 g/mol. The second kappa shape index (κ2) is 7.13. The lowest BCUT2D eigenvalue weighted by atomic mass is 10.1. The first-order chi connectivity index (χ1) is 10.5. The highest BCUT2D eigenvalue weighted by Crippen LogP contribution is 2.23. The standard InChI is InChI=1S/C15H19N3O3S/c1-10-5-6-11(21-10)9-18(2)14(19)8-12(17-15(16)20)13-4-3-7-22-13/h3-7,12H,8-9H2,1-2H3,(H3,16,17,20). The fraction of sp³-hybridized carbons (Fsp3) is 0.333. The van der Waals surface area contributed by atoms with Gasteiger partial charge in [0.15, 0.2) is 0 Å². The van der Waals surface area contributed by atoms with Crippen LogP contribution in [-0.2, 0) is 11.3 Å². The summed E-state index contributed by atoms with van der Waals surface area (Å²) in [6, 6.07) is 6.39. The molecule has 22 heavy (non-hydrogen) atoms. The maximum Gasteiger partial charge on any atom is 0.312 e. The van der Waals surface area contributed by atoms with Crippen molar-refractivity contribution >= 4 is 23.3 Å². The van der Waals surface area contributed by atoms with Crippen LogP contribution in [0.25, 0.3) is 0 Å². The molecule has 0 aromatic carbocycles. The van der Waals surface area contributed by atoms with Crippen molar-refractivity contribution in [3.63, 3.8) is 0 Å². The van der Waals surface area contributed by atoms with E-state index in [1.165, 1.54) is 11.3 Å². The zero-order valence-corrected chi connectivity index (χ0v) is 13.4. The summed E-state index contributed by atoms with van der Waals surface area (Å²) in [5.74, 6) is 1.44. The molecule has 2 rings (SSSR count). The zero-order chi connectivity index (χ0) is 16.1. The van der Waals surface area contributed by atoms with Crippen LogP contribution in [-0.4, -0.2) is 23.9 Å². The molecular weight excluding hydrogens is 302 g/mol. The van der Waals surface area contributed by atoms with Crippen LogP contribution in [0.3, 0.4) is 0 Å². The number of thiophene rings is 1. The number of primary amides is 1. The third-order valence-electron chi connectivity index (χ3n) is 3.20. The summed E-state index contributed by atoms with van der Waals surface area (Å²) in [6.45, 7) is 2.25. The Bertz CT molecular complexity index is 636. The number of hydrogen-bond acceptors (Lipinski definition) is 4. The van der Waals surface area contributed by atoms with E-state index in [9.17, 15) is 9.59 Å². The first-order valence-electron chi connectivity index (χ1n) is 6.84. The summed E-state index contributed by atoms with van der Waals surface area (Å²) in [5.41, 5.74) is 5.19. The summed E-state index contributed by atoms with van der Waals surface area (Å²) in [5, 5.41) is 4.51. The van der Waals surface area contributed by atoms with Gasteiger partial charge in [0, 0.05) is 11.9 Å². The smallest absolute Gasteiger partial charge is 0.312 e. The minimum absolute atomic E-state index is 0.0961. The predicted molar refractivity (Wildman–Crippen MR) is 84.3 cm³/mol. The number of nitrogens with two attached hydrogens (primary N) is 1. The molecule has 0 saturated carbocycles. The molecule has 7 heteroatoms. The topological polar surface area (TPSA) is 88.6 Å². The van der Waals surface area contributed by atoms with Crippen LogP contribution < -0.4 is 11.1 Å². The SMILES string of the molecule is Cc1ccc(CN(C)C(=O)CC(NC(N)=O)c2cccs2)o1. The van der Waals surface area contributed by atoms with Gasteiger partial charge in [-0.25, -0.2) is 4.79 Å². The number of rotatable bonds is 6. The molecule has 0 radical (unpaired) electrons. The van der Waals surface area contributed by atoms with Gasteiger partial charge < -0.3 is 20.4 Å². The van der Waals surface area contributed by atoms with Crippen LogP contribution in [0.5, 0.6) is 0 Å². The van der Waals surface area contributed by atoms with Gasteiger partial charge >= 0.3 is 6.03 Å². The van der Waals surface area contributed by atoms with E-state index in [0.717, 1.165) is 16.4 Å². The van der Waals surface area contributed by atoms with Gasteiger partial charge in [-0.15, -0.1) is 11.3 Å². The van der Waals surface area contributed by atoms with Crippen molar-refractivity contribution in [2.45, 2.75) is 25.9 Å². The Morgan fingerprint density at radius 2 is 2.18 bits per heavy atom. The zero-order valence-electron chi connectivity index (χ0n) is 12.5. The molecule has 0 aliphatic heterocycles. The molecule has 0 bridgehead atoms. The Morgan fingerprint density at radius 3 is 2.73 bits per heavy atom. The van der Waals surface area contributed by atoms with Crippen LogP contribution in [0.4, 0.5) is 4.79 Å². The molecule has 3 amide bonds. The highest BCUT2D eigenvalue weighted by molar-refractivity contribution is 7.10. The number of nitrogens with one attached hydrogen (secondary N) is 1. The van der Waals surface area contributed by atoms with Crippen molar-refractivity contribution in [3.8, 4) is 0 Å². The molecule has 1 atom stereocenters. The van der Waals surface area contributed by atoms with E-state index >= 15 is 0 Å². The van der Waals surface area contributed by atoms with Crippen molar-refractivity contribution in [2.75, 3.05) is 7.05 Å². The number of aryl methyl sites for hydroxylation is 1. The maximum atomic E-state index is 12.3. The van der Waals surface area contributed by atoms with Crippen LogP contribution in [0.2, 0.25) is 0 Å². The number of furan rings is 1. The van der Waals surface area contributed by atoms with Crippen LogP contribution in [0.15, 0.2) is 34.1 Å². The number of carbonyl (C=O) groups is 2. The second-order valence-corrected chi connectivity index (χ2v) is 6.02. The Balaban J connectivity index is 1.99. The van der Waals surface area contributed by atoms with Crippen molar-refractivity contribution in [1.82, 2.24) is 10.2 Å². The number of urea groups is 1. The third-order valence-corrected chi connectivity index (χ3v) is 4.18. The Morgan fingerprint density at radius 1 is 1.41 bits per heavy atom. The largest absolute Gasteiger partial charge is 0.464 e. The Hall–Kier alpha value is -2.28. The van der Waals surface area contributed by atoms with Gasteiger partial charge in [0.1, 0.15) is 11.5 Å². The minimum atomic E-state index is -0.643. The number of carbonyl (C=O) groups excluding carboxylic acids is 2. The van der Waals surface area contributed by atoms with Crippen molar-refractivity contribution in [2.24, 2.45) is 5.73 Å². The highest BCUT2D eigenvalue weighted by Gasteiger charge is 2.21. The quantitative estimate of drug-likeness (QED) is 0.856. The molecule has 2 heterocycles. The molecular formula is C15H19N3O3S. The molecule has 6 nitrogen and oxygen atoms in total. The summed E-state index contributed by atoms with van der Waals surface area (Å²) >= 11 is 1.47. The third kappa shape index (κ3) is 4.36. The van der Waals surface area contributed by atoms with E-state index in [0.29, 0.717) is 6.54 Å². The average Bonchev–Trinajstić information content (AvgIpc) is 3.09. The van der Waals surface area contributed by atoms with Gasteiger partial charge in [0.25, 0.3) is 0 Å². The van der Waals surface area contributed by atoms with Crippen molar-refractivity contribution in [1.29, 1.82) is 0 Å². The Kier molecular flexibility index (Phi) is 5.21. The highest BCUT2D eigenvalue weighted by atomic mass is 32.1. The van der Waals surface area contributed by atoms with Crippen LogP contribution in [0.1, 0.15) is 28.9 Å². The summed E-state index contributed by atoms with van der Waals surface area (Å²) < 4.78 is 5.46. The minimum Gasteiger partial charge on any atom is -0.464 e. The van der Waals surface area contributed by atoms with E-state index in [-0.39, 0.29) is 12.3 Å². The Labute approximate surface area is 132 Å². The molecule has 0 spiro atoms. The van der Waals surface area contributed by atoms with E-state index in [1.807, 2.05) is 36.6 Å². The van der Waals surface area contributed by atoms with Gasteiger partial charge in [-0.3, -0.25) is 4.79 Å². The van der Waals surface area contributed by atoms with E-state index in [1.54, 1.807) is 11.9 Å². The average molecular weight is 321 g/mol. The van der Waals surface area contributed by atoms with Gasteiger partial charge in [0.2, 0.25) is 5.91 Å². The molecule has 0 aliphatic carbocycles. The van der Waals surface area contributed by atoms with E-state index < -0.39 is 12.1 Å². The summed E-state index contributed by atoms with van der Waals surface area (Å²) in [6.07, 6.45) is 0.152. The lowest BCUT2D eigenvalue weighted by Gasteiger charge is -2.20. The molecule has 1 unspecified atom stereocenters. The van der Waals surface area contributed by atoms with E-state index in [4.69, 9.17) is 10.2 Å². The van der Waals surface area contributed by atoms with Gasteiger partial charge in [-0.05, 0) is 30.5 Å². The lowest BCUT2D eigenvalue weighted by Crippen LogP contribution is -2.36. The van der Waals surface area contributed by atoms with Crippen molar-refractivity contribution < 1.29 is 14.0 Å². The normalized spacial score (nSPS) is 11.9. The molecule has 0 saturated heterocycles. The van der Waals surface area contributed by atoms with Crippen LogP contribution in [0, 0.1) is 6.92 Å².